The molecule has 0 radical (unpaired) electrons. The Hall–Kier alpha value is -16.5. The van der Waals surface area contributed by atoms with Gasteiger partial charge in [0.1, 0.15) is 23.7 Å². The Morgan fingerprint density at radius 1 is 0.400 bits per heavy atom. The number of aromatic nitrogens is 1. The topological polar surface area (TPSA) is 458 Å². The maximum atomic E-state index is 13.7. The zero-order valence-electron chi connectivity index (χ0n) is 75.7. The Bertz CT molecular complexity index is 5960. The maximum Gasteiger partial charge on any atom is 0.337 e. The number of fused-ring (bicyclic) bond motifs is 5. The van der Waals surface area contributed by atoms with Crippen LogP contribution in [-0.2, 0) is 70.7 Å². The van der Waals surface area contributed by atoms with Crippen LogP contribution in [0.15, 0.2) is 254 Å². The number of aliphatic hydroxyl groups excluding tert-OH is 1. The number of benzene rings is 9. The highest BCUT2D eigenvalue weighted by Gasteiger charge is 2.48. The molecule has 700 valence electrons. The number of ether oxygens (including phenoxy) is 4. The van der Waals surface area contributed by atoms with Crippen LogP contribution in [0.3, 0.4) is 0 Å². The quantitative estimate of drug-likeness (QED) is 0.00572. The number of imide groups is 4. The molecule has 8 N–H and O–H groups in total. The number of urea groups is 4. The van der Waals surface area contributed by atoms with Gasteiger partial charge in [-0.15, -0.1) is 0 Å². The lowest BCUT2D eigenvalue weighted by Gasteiger charge is -2.32. The number of carbonyl (C=O) groups is 16. The van der Waals surface area contributed by atoms with E-state index in [1.54, 1.807) is 210 Å². The van der Waals surface area contributed by atoms with Crippen LogP contribution >= 0.6 is 0 Å². The van der Waals surface area contributed by atoms with E-state index in [0.717, 1.165) is 63.6 Å². The number of hydrogen-bond acceptors (Lipinski definition) is 22. The smallest absolute Gasteiger partial charge is 0.337 e. The van der Waals surface area contributed by atoms with Crippen molar-refractivity contribution in [2.24, 2.45) is 16.6 Å². The molecule has 5 atom stereocenters. The zero-order valence-corrected chi connectivity index (χ0v) is 75.7. The van der Waals surface area contributed by atoms with Gasteiger partial charge in [-0.1, -0.05) is 202 Å². The molecule has 0 aliphatic carbocycles. The van der Waals surface area contributed by atoms with E-state index >= 15 is 0 Å². The van der Waals surface area contributed by atoms with Crippen molar-refractivity contribution in [3.8, 4) is 0 Å². The average Bonchev–Trinajstić information content (AvgIpc) is 1.63. The van der Waals surface area contributed by atoms with E-state index in [1.165, 1.54) is 45.4 Å². The van der Waals surface area contributed by atoms with Crippen LogP contribution < -0.4 is 27.0 Å². The van der Waals surface area contributed by atoms with Gasteiger partial charge in [0.25, 0.3) is 47.3 Å². The summed E-state index contributed by atoms with van der Waals surface area (Å²) in [5.41, 5.74) is 10.9. The Kier molecular flexibility index (Phi) is 33.3. The highest BCUT2D eigenvalue weighted by Crippen LogP contribution is 2.32. The predicted molar refractivity (Wildman–Crippen MR) is 491 cm³/mol. The number of para-hydroxylation sites is 1. The second-order valence-electron chi connectivity index (χ2n) is 32.7. The predicted octanol–water partition coefficient (Wildman–Crippen LogP) is 11.3. The molecule has 14 rings (SSSR count). The molecule has 135 heavy (non-hydrogen) atoms. The first-order valence-electron chi connectivity index (χ1n) is 43.0. The van der Waals surface area contributed by atoms with Crippen LogP contribution in [0, 0.1) is 5.92 Å². The van der Waals surface area contributed by atoms with Crippen molar-refractivity contribution >= 4 is 112 Å². The molecule has 1 aromatic heterocycles. The average molecular weight is 1840 g/mol. The first kappa shape index (κ1) is 99.1. The number of aliphatic hydroxyl groups is 1. The molecule has 0 saturated heterocycles. The van der Waals surface area contributed by atoms with Crippen molar-refractivity contribution in [3.63, 3.8) is 0 Å². The maximum absolute atomic E-state index is 13.7. The number of nitrogens with one attached hydrogen (secondary N) is 5. The van der Waals surface area contributed by atoms with Crippen molar-refractivity contribution in [3.05, 3.63) is 321 Å². The molecule has 0 bridgehead atoms. The fourth-order valence-electron chi connectivity index (χ4n) is 14.8. The molecule has 16 amide bonds. The lowest BCUT2D eigenvalue weighted by Crippen LogP contribution is -2.58. The SMILES string of the molecule is CC(C)CC(NC(=O)N(Cc1ccccc1)N1C(=O)c2ccccc2C1=O)C(=O)OC(C)(C)C.COC(=O)C(CCCN=C(C)N)NC(=O)N(Cc1ccccc1)N1C(=O)c2ccccc2C1=O.COC(=O)C(Cc1c[nH]c2ccccc12)NC(=O)N(Cc1ccccc1)N1C(=O)c2ccccc2C1=O.COC(=O)C(NC(=O)N(Cc1ccccc1)N1C(=O)c2ccccc2C1=O)C(C)O. The van der Waals surface area contributed by atoms with E-state index in [4.69, 9.17) is 19.9 Å². The van der Waals surface area contributed by atoms with Crippen molar-refractivity contribution < 1.29 is 101 Å². The van der Waals surface area contributed by atoms with Gasteiger partial charge in [-0.05, 0) is 142 Å². The van der Waals surface area contributed by atoms with Crippen molar-refractivity contribution in [1.29, 1.82) is 0 Å². The van der Waals surface area contributed by atoms with E-state index in [-0.39, 0.29) is 89.4 Å². The van der Waals surface area contributed by atoms with Crippen LogP contribution in [0.4, 0.5) is 19.2 Å². The Labute approximate surface area is 777 Å². The van der Waals surface area contributed by atoms with Gasteiger partial charge in [0.15, 0.2) is 6.04 Å². The number of rotatable bonds is 29. The number of hydrogen-bond donors (Lipinski definition) is 7. The number of nitrogens with zero attached hydrogens (tertiary/aromatic N) is 9. The number of methoxy groups -OCH3 is 3. The largest absolute Gasteiger partial charge is 0.467 e. The number of nitrogens with two attached hydrogens (primary N) is 1. The third-order valence-corrected chi connectivity index (χ3v) is 21.3. The van der Waals surface area contributed by atoms with Crippen LogP contribution in [0.25, 0.3) is 10.9 Å². The molecule has 4 aliphatic rings. The van der Waals surface area contributed by atoms with E-state index in [0.29, 0.717) is 47.5 Å². The third-order valence-electron chi connectivity index (χ3n) is 21.3. The molecular weight excluding hydrogens is 1740 g/mol. The summed E-state index contributed by atoms with van der Waals surface area (Å²) >= 11 is 0. The van der Waals surface area contributed by atoms with Gasteiger partial charge in [-0.25, -0.2) is 58.4 Å². The van der Waals surface area contributed by atoms with Gasteiger partial charge < -0.3 is 56.0 Å². The zero-order chi connectivity index (χ0) is 97.5. The summed E-state index contributed by atoms with van der Waals surface area (Å²) in [6, 6.07) is 61.1. The third kappa shape index (κ3) is 24.4. The first-order chi connectivity index (χ1) is 64.6. The number of carbonyl (C=O) groups excluding carboxylic acids is 16. The number of amidine groups is 1. The fraction of sp³-hybridized carbons (Fsp3) is 0.263. The highest BCUT2D eigenvalue weighted by molar-refractivity contribution is 6.24. The van der Waals surface area contributed by atoms with Gasteiger partial charge in [0, 0.05) is 30.1 Å². The summed E-state index contributed by atoms with van der Waals surface area (Å²) in [5, 5.41) is 28.3. The summed E-state index contributed by atoms with van der Waals surface area (Å²) in [5.74, 6) is -7.20. The molecule has 9 aromatic carbocycles. The van der Waals surface area contributed by atoms with Gasteiger partial charge in [0.2, 0.25) is 0 Å². The molecular formula is C99H103N15O21. The molecule has 5 unspecified atom stereocenters. The molecule has 36 heteroatoms. The molecule has 36 nitrogen and oxygen atoms in total. The van der Waals surface area contributed by atoms with Crippen molar-refractivity contribution in [1.82, 2.24) is 66.3 Å². The molecule has 0 fully saturated rings. The Balaban J connectivity index is 0.000000174. The number of amides is 16. The van der Waals surface area contributed by atoms with Crippen molar-refractivity contribution in [2.75, 3.05) is 27.9 Å². The summed E-state index contributed by atoms with van der Waals surface area (Å²) in [6.07, 6.45) is 1.68. The van der Waals surface area contributed by atoms with E-state index in [2.05, 4.69) is 36.0 Å². The molecule has 0 spiro atoms. The Morgan fingerprint density at radius 2 is 0.689 bits per heavy atom. The van der Waals surface area contributed by atoms with E-state index < -0.39 is 131 Å². The molecule has 0 saturated carbocycles. The van der Waals surface area contributed by atoms with Crippen LogP contribution in [0.5, 0.6) is 0 Å². The van der Waals surface area contributed by atoms with E-state index in [1.807, 2.05) is 56.3 Å². The number of aromatic amines is 1. The lowest BCUT2D eigenvalue weighted by molar-refractivity contribution is -0.157. The van der Waals surface area contributed by atoms with Crippen LogP contribution in [-0.4, -0.2) is 215 Å². The van der Waals surface area contributed by atoms with Gasteiger partial charge in [0.05, 0.1) is 104 Å². The molecule has 5 heterocycles. The van der Waals surface area contributed by atoms with Crippen LogP contribution in [0.1, 0.15) is 178 Å². The Morgan fingerprint density at radius 3 is 0.993 bits per heavy atom. The van der Waals surface area contributed by atoms with Gasteiger partial charge >= 0.3 is 48.0 Å². The minimum absolute atomic E-state index is 0.0408. The molecule has 4 aliphatic heterocycles. The number of H-pyrrole nitrogens is 1. The lowest BCUT2D eigenvalue weighted by atomic mass is 10.0. The first-order valence-corrected chi connectivity index (χ1v) is 43.0. The number of hydrazine groups is 4. The minimum atomic E-state index is -1.38. The monoisotopic (exact) mass is 1840 g/mol. The second-order valence-corrected chi connectivity index (χ2v) is 32.7. The van der Waals surface area contributed by atoms with Crippen LogP contribution in [0.2, 0.25) is 0 Å². The van der Waals surface area contributed by atoms with E-state index in [9.17, 15) is 81.8 Å². The second kappa shape index (κ2) is 45.3. The summed E-state index contributed by atoms with van der Waals surface area (Å²) < 4.78 is 19.9. The standard InChI is InChI=1S/C28H24N4O5.C26H31N3O5.C24H27N5O5.C21H21N3O6/c1-37-27(35)24(15-19-16-29-23-14-8-7-11-20(19)23)30-28(36)31(17-18-9-3-2-4-10-18)32-25(33)21-12-5-6-13-22(21)26(32)34;1-17(2)15-21(24(32)34-26(3,4)5)27-25(33)28(16-18-11-7-6-8-12-18)29-22(30)19-13-9-10-14-20(19)23(29)31;1-16(25)26-14-8-13-20(23(32)34-2)27-24(33)28(15-17-9-4-3-5-10-17)29-21(30)18-11-6-7-12-19(18)22(29)31;1-13(25)17(20(28)30-2)22-21(29)23(12-14-8-4-3-5-9-14)24-18(26)15-10-6-7-11-16(15)19(24)27/h2-14,16,24,29H,15,17H2,1H3,(H,30,36);6-14,17,21H,15-16H2,1-5H3,(H,27,33);3-7,9-12,20H,8,13-15H2,1-2H3,(H2,25,26)(H,27,33);3-11,13,17,25H,12H2,1-2H3,(H,22,29). The summed E-state index contributed by atoms with van der Waals surface area (Å²) in [7, 11) is 3.58. The number of aliphatic imine (C=N–C) groups is 1. The molecule has 10 aromatic rings. The fourth-order valence-corrected chi connectivity index (χ4v) is 14.8. The van der Waals surface area contributed by atoms with Gasteiger partial charge in [-0.2, -0.15) is 20.0 Å². The normalized spacial score (nSPS) is 14.0. The summed E-state index contributed by atoms with van der Waals surface area (Å²) in [4.78, 5) is 215. The minimum Gasteiger partial charge on any atom is -0.467 e. The van der Waals surface area contributed by atoms with Gasteiger partial charge in [-0.3, -0.25) is 43.3 Å². The van der Waals surface area contributed by atoms with Crippen molar-refractivity contribution in [2.45, 2.75) is 136 Å². The summed E-state index contributed by atoms with van der Waals surface area (Å²) in [6.45, 7) is 12.1. The number of esters is 4. The highest BCUT2D eigenvalue weighted by atomic mass is 16.6.